The van der Waals surface area contributed by atoms with Crippen molar-refractivity contribution in [1.82, 2.24) is 9.78 Å². The van der Waals surface area contributed by atoms with E-state index in [2.05, 4.69) is 15.7 Å². The molecule has 2 N–H and O–H groups in total. The lowest BCUT2D eigenvalue weighted by Crippen LogP contribution is -2.26. The summed E-state index contributed by atoms with van der Waals surface area (Å²) in [7, 11) is 0. The molecule has 2 aromatic rings. The van der Waals surface area contributed by atoms with E-state index in [0.29, 0.717) is 24.2 Å². The molecule has 1 aromatic heterocycles. The van der Waals surface area contributed by atoms with Crippen LogP contribution in [0.5, 0.6) is 0 Å². The quantitative estimate of drug-likeness (QED) is 0.751. The van der Waals surface area contributed by atoms with Gasteiger partial charge in [-0.05, 0) is 44.0 Å². The maximum absolute atomic E-state index is 13.2. The van der Waals surface area contributed by atoms with Crippen molar-refractivity contribution in [3.8, 4) is 0 Å². The summed E-state index contributed by atoms with van der Waals surface area (Å²) in [4.78, 5) is 23.6. The van der Waals surface area contributed by atoms with E-state index in [1.807, 2.05) is 0 Å². The van der Waals surface area contributed by atoms with Crippen LogP contribution in [-0.4, -0.2) is 21.6 Å². The van der Waals surface area contributed by atoms with Crippen molar-refractivity contribution >= 4 is 34.8 Å². The summed E-state index contributed by atoms with van der Waals surface area (Å²) in [6.45, 7) is 2.84. The molecule has 1 aliphatic rings. The highest BCUT2D eigenvalue weighted by Crippen LogP contribution is 2.47. The number of carbonyl (C=O) groups is 2. The fourth-order valence-electron chi connectivity index (χ4n) is 2.82. The van der Waals surface area contributed by atoms with Gasteiger partial charge in [-0.25, -0.2) is 0 Å². The van der Waals surface area contributed by atoms with Crippen molar-refractivity contribution in [2.24, 2.45) is 0 Å². The second-order valence-corrected chi connectivity index (χ2v) is 7.07. The Hall–Kier alpha value is -2.55. The molecule has 1 atom stereocenters. The van der Waals surface area contributed by atoms with E-state index in [9.17, 15) is 22.8 Å². The van der Waals surface area contributed by atoms with E-state index in [1.165, 1.54) is 13.8 Å². The van der Waals surface area contributed by atoms with Gasteiger partial charge >= 0.3 is 6.18 Å². The highest BCUT2D eigenvalue weighted by atomic mass is 35.5. The summed E-state index contributed by atoms with van der Waals surface area (Å²) in [5.74, 6) is -0.876. The Labute approximate surface area is 164 Å². The third-order valence-electron chi connectivity index (χ3n) is 4.34. The SMILES string of the molecule is CC(=O)Nc1ccc(NC(=O)C(C)n2nc(C(F)(F)F)c(Cl)c2C2CC2)cc1. The van der Waals surface area contributed by atoms with Crippen LogP contribution < -0.4 is 10.6 Å². The topological polar surface area (TPSA) is 76.0 Å². The van der Waals surface area contributed by atoms with E-state index in [0.717, 1.165) is 4.68 Å². The van der Waals surface area contributed by atoms with Crippen LogP contribution in [-0.2, 0) is 15.8 Å². The number of nitrogens with zero attached hydrogens (tertiary/aromatic N) is 2. The van der Waals surface area contributed by atoms with Gasteiger partial charge in [0.15, 0.2) is 5.69 Å². The first-order chi connectivity index (χ1) is 13.1. The lowest BCUT2D eigenvalue weighted by atomic mass is 10.2. The second-order valence-electron chi connectivity index (χ2n) is 6.69. The lowest BCUT2D eigenvalue weighted by molar-refractivity contribution is -0.141. The molecular weight excluding hydrogens is 397 g/mol. The minimum atomic E-state index is -4.69. The molecule has 1 aromatic carbocycles. The molecular formula is C18H18ClF3N4O2. The predicted octanol–water partition coefficient (Wildman–Crippen LogP) is 4.59. The molecule has 28 heavy (non-hydrogen) atoms. The van der Waals surface area contributed by atoms with Crippen molar-refractivity contribution in [1.29, 1.82) is 0 Å². The first-order valence-corrected chi connectivity index (χ1v) is 8.99. The Morgan fingerprint density at radius 2 is 1.71 bits per heavy atom. The number of halogens is 4. The van der Waals surface area contributed by atoms with Crippen LogP contribution in [0.25, 0.3) is 0 Å². The first-order valence-electron chi connectivity index (χ1n) is 8.61. The number of alkyl halides is 3. The van der Waals surface area contributed by atoms with Gasteiger partial charge in [0.05, 0.1) is 10.7 Å². The Morgan fingerprint density at radius 1 is 1.18 bits per heavy atom. The molecule has 0 bridgehead atoms. The largest absolute Gasteiger partial charge is 0.436 e. The third-order valence-corrected chi connectivity index (χ3v) is 4.71. The minimum absolute atomic E-state index is 0.122. The van der Waals surface area contributed by atoms with Crippen molar-refractivity contribution in [2.45, 2.75) is 44.8 Å². The molecule has 1 unspecified atom stereocenters. The molecule has 1 saturated carbocycles. The molecule has 2 amide bonds. The second kappa shape index (κ2) is 7.46. The van der Waals surface area contributed by atoms with Crippen LogP contribution in [0.15, 0.2) is 24.3 Å². The molecule has 10 heteroatoms. The molecule has 0 spiro atoms. The van der Waals surface area contributed by atoms with E-state index in [1.54, 1.807) is 24.3 Å². The van der Waals surface area contributed by atoms with Gasteiger partial charge in [-0.1, -0.05) is 11.6 Å². The zero-order chi connectivity index (χ0) is 20.6. The molecule has 6 nitrogen and oxygen atoms in total. The van der Waals surface area contributed by atoms with Crippen LogP contribution in [0.3, 0.4) is 0 Å². The number of rotatable bonds is 5. The summed E-state index contributed by atoms with van der Waals surface area (Å²) in [6.07, 6.45) is -3.27. The number of carbonyl (C=O) groups excluding carboxylic acids is 2. The Bertz CT molecular complexity index is 905. The number of nitrogens with one attached hydrogen (secondary N) is 2. The lowest BCUT2D eigenvalue weighted by Gasteiger charge is -2.16. The fourth-order valence-corrected chi connectivity index (χ4v) is 3.21. The zero-order valence-corrected chi connectivity index (χ0v) is 15.9. The van der Waals surface area contributed by atoms with E-state index in [-0.39, 0.29) is 17.5 Å². The molecule has 3 rings (SSSR count). The van der Waals surface area contributed by atoms with Gasteiger partial charge in [0.2, 0.25) is 11.8 Å². The summed E-state index contributed by atoms with van der Waals surface area (Å²) in [6, 6.07) is 5.37. The molecule has 0 radical (unpaired) electrons. The predicted molar refractivity (Wildman–Crippen MR) is 98.3 cm³/mol. The molecule has 1 aliphatic carbocycles. The van der Waals surface area contributed by atoms with Crippen LogP contribution in [0.2, 0.25) is 5.02 Å². The van der Waals surface area contributed by atoms with Gasteiger partial charge in [0.1, 0.15) is 6.04 Å². The van der Waals surface area contributed by atoms with Crippen molar-refractivity contribution in [2.75, 3.05) is 10.6 Å². The maximum atomic E-state index is 13.2. The van der Waals surface area contributed by atoms with Crippen LogP contribution in [0.1, 0.15) is 50.0 Å². The number of benzene rings is 1. The van der Waals surface area contributed by atoms with Crippen molar-refractivity contribution < 1.29 is 22.8 Å². The average molecular weight is 415 g/mol. The first kappa shape index (κ1) is 20.2. The standard InChI is InChI=1S/C18H18ClF3N4O2/c1-9(17(28)24-13-7-5-12(6-8-13)23-10(2)27)26-15(11-3-4-11)14(19)16(25-26)18(20,21)22/h5-9,11H,3-4H2,1-2H3,(H,23,27)(H,24,28). The minimum Gasteiger partial charge on any atom is -0.326 e. The zero-order valence-electron chi connectivity index (χ0n) is 15.1. The van der Waals surface area contributed by atoms with E-state index < -0.39 is 28.8 Å². The maximum Gasteiger partial charge on any atom is 0.436 e. The number of aromatic nitrogens is 2. The van der Waals surface area contributed by atoms with E-state index in [4.69, 9.17) is 11.6 Å². The molecule has 150 valence electrons. The van der Waals surface area contributed by atoms with Crippen LogP contribution in [0, 0.1) is 0 Å². The van der Waals surface area contributed by atoms with Gasteiger partial charge < -0.3 is 10.6 Å². The average Bonchev–Trinajstić information content (AvgIpc) is 3.36. The third kappa shape index (κ3) is 4.30. The van der Waals surface area contributed by atoms with Gasteiger partial charge in [-0.3, -0.25) is 14.3 Å². The summed E-state index contributed by atoms with van der Waals surface area (Å²) in [5, 5.41) is 8.40. The summed E-state index contributed by atoms with van der Waals surface area (Å²) in [5.41, 5.74) is 0.0736. The molecule has 0 aliphatic heterocycles. The van der Waals surface area contributed by atoms with Crippen LogP contribution >= 0.6 is 11.6 Å². The van der Waals surface area contributed by atoms with Gasteiger partial charge in [-0.2, -0.15) is 18.3 Å². The smallest absolute Gasteiger partial charge is 0.326 e. The van der Waals surface area contributed by atoms with Gasteiger partial charge in [-0.15, -0.1) is 0 Å². The van der Waals surface area contributed by atoms with Crippen LogP contribution in [0.4, 0.5) is 24.5 Å². The number of amides is 2. The van der Waals surface area contributed by atoms with Crippen molar-refractivity contribution in [3.63, 3.8) is 0 Å². The highest BCUT2D eigenvalue weighted by Gasteiger charge is 2.43. The Morgan fingerprint density at radius 3 is 2.18 bits per heavy atom. The van der Waals surface area contributed by atoms with Gasteiger partial charge in [0, 0.05) is 24.2 Å². The van der Waals surface area contributed by atoms with E-state index >= 15 is 0 Å². The normalized spacial score (nSPS) is 15.2. The monoisotopic (exact) mass is 414 g/mol. The number of hydrogen-bond donors (Lipinski definition) is 2. The number of anilines is 2. The van der Waals surface area contributed by atoms with Gasteiger partial charge in [0.25, 0.3) is 0 Å². The Balaban J connectivity index is 1.81. The Kier molecular flexibility index (Phi) is 5.38. The molecule has 1 fully saturated rings. The van der Waals surface area contributed by atoms with Crippen molar-refractivity contribution in [3.05, 3.63) is 40.7 Å². The summed E-state index contributed by atoms with van der Waals surface area (Å²) >= 11 is 5.95. The molecule has 0 saturated heterocycles. The molecule has 1 heterocycles. The highest BCUT2D eigenvalue weighted by molar-refractivity contribution is 6.32. The fraction of sp³-hybridized carbons (Fsp3) is 0.389. The number of hydrogen-bond acceptors (Lipinski definition) is 3. The summed E-state index contributed by atoms with van der Waals surface area (Å²) < 4.78 is 40.6.